The Hall–Kier alpha value is -2.35. The van der Waals surface area contributed by atoms with Crippen LogP contribution in [0.1, 0.15) is 13.3 Å². The van der Waals surface area contributed by atoms with Gasteiger partial charge in [-0.15, -0.1) is 10.2 Å². The summed E-state index contributed by atoms with van der Waals surface area (Å²) in [5.41, 5.74) is 1.58. The molecule has 1 aromatic heterocycles. The molecule has 0 aliphatic rings. The highest BCUT2D eigenvalue weighted by Crippen LogP contribution is 2.31. The first-order valence-electron chi connectivity index (χ1n) is 9.29. The Labute approximate surface area is 179 Å². The van der Waals surface area contributed by atoms with Crippen molar-refractivity contribution in [1.82, 2.24) is 14.8 Å². The lowest BCUT2D eigenvalue weighted by atomic mass is 10.2. The van der Waals surface area contributed by atoms with E-state index in [9.17, 15) is 4.79 Å². The van der Waals surface area contributed by atoms with Crippen molar-refractivity contribution in [3.63, 3.8) is 0 Å². The molecule has 1 N–H and O–H groups in total. The van der Waals surface area contributed by atoms with Crippen molar-refractivity contribution in [3.05, 3.63) is 59.6 Å². The predicted molar refractivity (Wildman–Crippen MR) is 117 cm³/mol. The number of benzene rings is 2. The normalized spacial score (nSPS) is 12.0. The number of thioether (sulfide) groups is 1. The molecule has 29 heavy (non-hydrogen) atoms. The van der Waals surface area contributed by atoms with Gasteiger partial charge in [0.2, 0.25) is 5.91 Å². The standard InChI is InChI=1S/C21H23ClN4O2S/c1-15(20(27)23-16-9-4-3-5-10-16)29-21-25-24-19(26(21)13-8-14-28-2)17-11-6-7-12-18(17)22/h3-7,9-12,15H,8,13-14H2,1-2H3,(H,23,27)/t15-/m1/s1. The molecule has 0 saturated heterocycles. The van der Waals surface area contributed by atoms with E-state index in [1.165, 1.54) is 11.8 Å². The molecule has 0 aliphatic heterocycles. The summed E-state index contributed by atoms with van der Waals surface area (Å²) >= 11 is 7.74. The number of amides is 1. The molecule has 0 aliphatic carbocycles. The van der Waals surface area contributed by atoms with Crippen molar-refractivity contribution >= 4 is 35.0 Å². The molecular formula is C21H23ClN4O2S. The molecule has 0 spiro atoms. The van der Waals surface area contributed by atoms with Gasteiger partial charge in [-0.3, -0.25) is 4.79 Å². The van der Waals surface area contributed by atoms with Crippen LogP contribution < -0.4 is 5.32 Å². The van der Waals surface area contributed by atoms with E-state index in [2.05, 4.69) is 15.5 Å². The number of carbonyl (C=O) groups is 1. The fourth-order valence-electron chi connectivity index (χ4n) is 2.76. The molecular weight excluding hydrogens is 408 g/mol. The molecule has 0 bridgehead atoms. The zero-order chi connectivity index (χ0) is 20.6. The number of ether oxygens (including phenoxy) is 1. The quantitative estimate of drug-likeness (QED) is 0.391. The van der Waals surface area contributed by atoms with E-state index in [4.69, 9.17) is 16.3 Å². The summed E-state index contributed by atoms with van der Waals surface area (Å²) in [5.74, 6) is 0.594. The summed E-state index contributed by atoms with van der Waals surface area (Å²) in [7, 11) is 1.67. The van der Waals surface area contributed by atoms with E-state index in [0.717, 1.165) is 17.7 Å². The maximum absolute atomic E-state index is 12.6. The Balaban J connectivity index is 1.80. The molecule has 2 aromatic carbocycles. The number of nitrogens with zero attached hydrogens (tertiary/aromatic N) is 3. The molecule has 0 saturated carbocycles. The monoisotopic (exact) mass is 430 g/mol. The lowest BCUT2D eigenvalue weighted by Crippen LogP contribution is -2.23. The zero-order valence-electron chi connectivity index (χ0n) is 16.3. The average molecular weight is 431 g/mol. The van der Waals surface area contributed by atoms with Crippen LogP contribution >= 0.6 is 23.4 Å². The fourth-order valence-corrected chi connectivity index (χ4v) is 3.86. The van der Waals surface area contributed by atoms with E-state index < -0.39 is 0 Å². The number of methoxy groups -OCH3 is 1. The topological polar surface area (TPSA) is 69.0 Å². The Bertz CT molecular complexity index is 949. The van der Waals surface area contributed by atoms with E-state index in [1.807, 2.05) is 66.1 Å². The lowest BCUT2D eigenvalue weighted by Gasteiger charge is -2.14. The highest BCUT2D eigenvalue weighted by Gasteiger charge is 2.21. The predicted octanol–water partition coefficient (Wildman–Crippen LogP) is 4.75. The first kappa shape index (κ1) is 21.4. The van der Waals surface area contributed by atoms with E-state index in [1.54, 1.807) is 7.11 Å². The summed E-state index contributed by atoms with van der Waals surface area (Å²) in [6.07, 6.45) is 0.796. The van der Waals surface area contributed by atoms with Crippen LogP contribution in [0, 0.1) is 0 Å². The third-order valence-corrected chi connectivity index (χ3v) is 5.66. The molecule has 0 unspecified atom stereocenters. The van der Waals surface area contributed by atoms with Gasteiger partial charge in [-0.2, -0.15) is 0 Å². The number of anilines is 1. The third kappa shape index (κ3) is 5.59. The number of rotatable bonds is 9. The molecule has 3 rings (SSSR count). The summed E-state index contributed by atoms with van der Waals surface area (Å²) in [6, 6.07) is 16.9. The molecule has 0 fully saturated rings. The van der Waals surface area contributed by atoms with E-state index >= 15 is 0 Å². The molecule has 6 nitrogen and oxygen atoms in total. The van der Waals surface area contributed by atoms with Crippen LogP contribution in [-0.2, 0) is 16.1 Å². The minimum Gasteiger partial charge on any atom is -0.385 e. The molecule has 3 aromatic rings. The van der Waals surface area contributed by atoms with Gasteiger partial charge in [-0.25, -0.2) is 0 Å². The SMILES string of the molecule is COCCCn1c(S[C@H](C)C(=O)Nc2ccccc2)nnc1-c1ccccc1Cl. The molecule has 0 radical (unpaired) electrons. The smallest absolute Gasteiger partial charge is 0.237 e. The Morgan fingerprint density at radius 3 is 2.62 bits per heavy atom. The van der Waals surface area contributed by atoms with Crippen LogP contribution in [-0.4, -0.2) is 39.6 Å². The van der Waals surface area contributed by atoms with Gasteiger partial charge in [-0.1, -0.05) is 53.7 Å². The van der Waals surface area contributed by atoms with Crippen LogP contribution in [0.15, 0.2) is 59.8 Å². The second-order valence-corrected chi connectivity index (χ2v) is 8.11. The van der Waals surface area contributed by atoms with Crippen molar-refractivity contribution in [2.75, 3.05) is 19.0 Å². The molecule has 1 amide bonds. The van der Waals surface area contributed by atoms with Crippen molar-refractivity contribution in [3.8, 4) is 11.4 Å². The van der Waals surface area contributed by atoms with Crippen LogP contribution in [0.5, 0.6) is 0 Å². The van der Waals surface area contributed by atoms with E-state index in [-0.39, 0.29) is 11.2 Å². The lowest BCUT2D eigenvalue weighted by molar-refractivity contribution is -0.115. The second-order valence-electron chi connectivity index (χ2n) is 6.40. The van der Waals surface area contributed by atoms with Crippen molar-refractivity contribution in [1.29, 1.82) is 0 Å². The van der Waals surface area contributed by atoms with Crippen molar-refractivity contribution in [2.24, 2.45) is 0 Å². The van der Waals surface area contributed by atoms with Gasteiger partial charge in [0.25, 0.3) is 0 Å². The van der Waals surface area contributed by atoms with Gasteiger partial charge >= 0.3 is 0 Å². The van der Waals surface area contributed by atoms with Crippen LogP contribution in [0.4, 0.5) is 5.69 Å². The number of hydrogen-bond acceptors (Lipinski definition) is 5. The minimum atomic E-state index is -0.348. The minimum absolute atomic E-state index is 0.0908. The number of aromatic nitrogens is 3. The number of carbonyl (C=O) groups excluding carboxylic acids is 1. The number of para-hydroxylation sites is 1. The van der Waals surface area contributed by atoms with Crippen LogP contribution in [0.2, 0.25) is 5.02 Å². The van der Waals surface area contributed by atoms with Gasteiger partial charge in [0.05, 0.1) is 10.3 Å². The molecule has 152 valence electrons. The zero-order valence-corrected chi connectivity index (χ0v) is 17.9. The summed E-state index contributed by atoms with van der Waals surface area (Å²) < 4.78 is 7.18. The second kappa shape index (κ2) is 10.4. The molecule has 1 heterocycles. The first-order chi connectivity index (χ1) is 14.1. The van der Waals surface area contributed by atoms with Crippen LogP contribution in [0.25, 0.3) is 11.4 Å². The van der Waals surface area contributed by atoms with Crippen molar-refractivity contribution < 1.29 is 9.53 Å². The van der Waals surface area contributed by atoms with Gasteiger partial charge < -0.3 is 14.6 Å². The first-order valence-corrected chi connectivity index (χ1v) is 10.6. The highest BCUT2D eigenvalue weighted by atomic mass is 35.5. The Kier molecular flexibility index (Phi) is 7.69. The molecule has 1 atom stereocenters. The van der Waals surface area contributed by atoms with Crippen LogP contribution in [0.3, 0.4) is 0 Å². The largest absolute Gasteiger partial charge is 0.385 e. The van der Waals surface area contributed by atoms with Gasteiger partial charge in [-0.05, 0) is 37.6 Å². The fraction of sp³-hybridized carbons (Fsp3) is 0.286. The maximum atomic E-state index is 12.6. The van der Waals surface area contributed by atoms with Gasteiger partial charge in [0, 0.05) is 31.5 Å². The summed E-state index contributed by atoms with van der Waals surface area (Å²) in [6.45, 7) is 3.14. The van der Waals surface area contributed by atoms with Gasteiger partial charge in [0.15, 0.2) is 11.0 Å². The van der Waals surface area contributed by atoms with Gasteiger partial charge in [0.1, 0.15) is 0 Å². The van der Waals surface area contributed by atoms with E-state index in [0.29, 0.717) is 29.2 Å². The van der Waals surface area contributed by atoms with Crippen molar-refractivity contribution in [2.45, 2.75) is 30.3 Å². The Morgan fingerprint density at radius 2 is 1.90 bits per heavy atom. The third-order valence-electron chi connectivity index (χ3n) is 4.25. The number of hydrogen-bond donors (Lipinski definition) is 1. The highest BCUT2D eigenvalue weighted by molar-refractivity contribution is 8.00. The Morgan fingerprint density at radius 1 is 1.17 bits per heavy atom. The number of halogens is 1. The maximum Gasteiger partial charge on any atom is 0.237 e. The number of nitrogens with one attached hydrogen (secondary N) is 1. The molecule has 8 heteroatoms. The summed E-state index contributed by atoms with van der Waals surface area (Å²) in [5, 5.41) is 12.6. The average Bonchev–Trinajstić information content (AvgIpc) is 3.11. The summed E-state index contributed by atoms with van der Waals surface area (Å²) in [4.78, 5) is 12.6.